The van der Waals surface area contributed by atoms with E-state index < -0.39 is 71.6 Å². The van der Waals surface area contributed by atoms with Crippen LogP contribution in [0.15, 0.2) is 196 Å². The van der Waals surface area contributed by atoms with Gasteiger partial charge in [-0.05, 0) is 97.1 Å². The lowest BCUT2D eigenvalue weighted by Crippen LogP contribution is -2.18. The van der Waals surface area contributed by atoms with Gasteiger partial charge >= 0.3 is 48.8 Å². The van der Waals surface area contributed by atoms with Crippen molar-refractivity contribution in [1.82, 2.24) is 97.3 Å². The number of nitrogens with one attached hydrogen (secondary N) is 4. The number of carbonyl (C=O) groups excluding carboxylic acids is 5. The Bertz CT molecular complexity index is 6260. The Hall–Kier alpha value is -16.0. The Labute approximate surface area is 732 Å². The molecule has 0 atom stereocenters. The zero-order chi connectivity index (χ0) is 95.6. The van der Waals surface area contributed by atoms with Crippen molar-refractivity contribution in [2.24, 2.45) is 28.2 Å². The van der Waals surface area contributed by atoms with Gasteiger partial charge in [0.05, 0.1) is 59.0 Å². The van der Waals surface area contributed by atoms with Crippen LogP contribution in [0.1, 0.15) is 98.8 Å². The van der Waals surface area contributed by atoms with Crippen LogP contribution in [0.3, 0.4) is 0 Å². The standard InChI is InChI=1S/C20H15F3N6O3.3C19H15F3N6O3.3C2H6/c1-11(30)14-8-18(25-10-24-14)32-13-3-4-15-12(7-13)5-6-29(15)19(31)26-17-9-16(20(21,22)23)28(2)27-17;3*1-27-15(19(20,21)22)8-16(26-27)25-18(30)28-5-4-11-6-13(2-3-14(11)28)31-17-7-12(9-29)23-10-24-17;3*1-2/h3-10H,1-2H3,(H,26,27,31);3*2-8,10,29H,9H2,1H3,(H,25,26,30);3*1-2H3. The Balaban J connectivity index is 0.000000178. The number of carbonyl (C=O) groups is 5. The van der Waals surface area contributed by atoms with Crippen molar-refractivity contribution in [2.75, 3.05) is 21.3 Å². The second-order valence-electron chi connectivity index (χ2n) is 26.2. The Morgan fingerprint density at radius 1 is 0.313 bits per heavy atom. The summed E-state index contributed by atoms with van der Waals surface area (Å²) < 4.78 is 185. The molecule has 686 valence electrons. The number of aromatic nitrogens is 20. The number of fused-ring (bicyclic) bond motifs is 4. The van der Waals surface area contributed by atoms with E-state index in [2.05, 4.69) is 81.5 Å². The maximum atomic E-state index is 12.9. The number of Topliss-reactive ketones (excluding diaryl/α,β-unsaturated/α-hetero) is 1. The molecule has 16 rings (SSSR count). The molecule has 4 aromatic carbocycles. The van der Waals surface area contributed by atoms with Gasteiger partial charge in [0.1, 0.15) is 76.8 Å². The van der Waals surface area contributed by atoms with Crippen molar-refractivity contribution in [3.63, 3.8) is 0 Å². The summed E-state index contributed by atoms with van der Waals surface area (Å²) in [6.45, 7) is 12.6. The molecular weight excluding hydrogens is 1750 g/mol. The second-order valence-corrected chi connectivity index (χ2v) is 26.2. The van der Waals surface area contributed by atoms with Crippen molar-refractivity contribution in [1.29, 1.82) is 0 Å². The molecule has 7 N–H and O–H groups in total. The highest BCUT2D eigenvalue weighted by Crippen LogP contribution is 2.37. The van der Waals surface area contributed by atoms with Crippen LogP contribution >= 0.6 is 0 Å². The Morgan fingerprint density at radius 3 is 0.740 bits per heavy atom. The van der Waals surface area contributed by atoms with Gasteiger partial charge in [-0.1, -0.05) is 41.5 Å². The van der Waals surface area contributed by atoms with E-state index in [1.165, 1.54) is 99.6 Å². The first-order valence-electron chi connectivity index (χ1n) is 38.8. The maximum Gasteiger partial charge on any atom is 0.433 e. The number of hydrogen-bond acceptors (Lipinski definition) is 24. The number of nitrogens with zero attached hydrogens (tertiary/aromatic N) is 20. The van der Waals surface area contributed by atoms with Gasteiger partial charge in [-0.15, -0.1) is 0 Å². The number of ketones is 1. The minimum absolute atomic E-state index is 0.178. The predicted octanol–water partition coefficient (Wildman–Crippen LogP) is 18.0. The minimum atomic E-state index is -4.59. The van der Waals surface area contributed by atoms with Gasteiger partial charge in [0.2, 0.25) is 23.5 Å². The number of aliphatic hydroxyl groups excluding tert-OH is 3. The van der Waals surface area contributed by atoms with Gasteiger partial charge in [0.15, 0.2) is 29.1 Å². The second kappa shape index (κ2) is 42.1. The number of rotatable bonds is 16. The molecule has 0 bridgehead atoms. The summed E-state index contributed by atoms with van der Waals surface area (Å²) >= 11 is 0. The third-order valence-corrected chi connectivity index (χ3v) is 17.6. The van der Waals surface area contributed by atoms with Gasteiger partial charge in [-0.2, -0.15) is 73.1 Å². The van der Waals surface area contributed by atoms with Gasteiger partial charge in [0.25, 0.3) is 0 Å². The Kier molecular flexibility index (Phi) is 31.2. The molecule has 36 nitrogen and oxygen atoms in total. The number of ether oxygens (including phenoxy) is 4. The third-order valence-electron chi connectivity index (χ3n) is 17.6. The number of hydrogen-bond donors (Lipinski definition) is 7. The van der Waals surface area contributed by atoms with E-state index >= 15 is 0 Å². The van der Waals surface area contributed by atoms with Crippen molar-refractivity contribution < 1.29 is 111 Å². The van der Waals surface area contributed by atoms with Gasteiger partial charge in [-0.25, -0.2) is 59.0 Å². The molecule has 12 aromatic heterocycles. The van der Waals surface area contributed by atoms with Crippen molar-refractivity contribution in [2.45, 2.75) is 93.0 Å². The highest BCUT2D eigenvalue weighted by Gasteiger charge is 2.39. The van der Waals surface area contributed by atoms with Crippen LogP contribution in [-0.4, -0.2) is 142 Å². The molecule has 0 saturated carbocycles. The third kappa shape index (κ3) is 24.4. The fourth-order valence-corrected chi connectivity index (χ4v) is 11.9. The van der Waals surface area contributed by atoms with Crippen LogP contribution in [0.25, 0.3) is 43.6 Å². The highest BCUT2D eigenvalue weighted by molar-refractivity contribution is 6.01. The molecule has 0 aliphatic heterocycles. The van der Waals surface area contributed by atoms with Crippen molar-refractivity contribution in [3.8, 4) is 46.5 Å². The normalized spacial score (nSPS) is 11.2. The van der Waals surface area contributed by atoms with Gasteiger partial charge in [-0.3, -0.25) is 63.1 Å². The number of aryl methyl sites for hydroxylation is 4. The number of benzene rings is 4. The molecule has 0 saturated heterocycles. The zero-order valence-electron chi connectivity index (χ0n) is 70.6. The number of alkyl halides is 12. The largest absolute Gasteiger partial charge is 0.439 e. The maximum absolute atomic E-state index is 12.9. The minimum Gasteiger partial charge on any atom is -0.439 e. The SMILES string of the molecule is CC.CC.CC.CC(=O)c1cc(Oc2ccc3c(ccn3C(=O)Nc3cc(C(F)(F)F)n(C)n3)c2)ncn1.Cn1nc(NC(=O)n2ccc3cc(Oc4cc(CO)ncn4)ccc32)cc1C(F)(F)F.Cn1nc(NC(=O)n2ccc3cc(Oc4cc(CO)ncn4)ccc32)cc1C(F)(F)F.Cn1nc(NC(=O)n2ccc3cc(Oc4cc(CO)ncn4)ccc32)cc1C(F)(F)F. The molecule has 0 radical (unpaired) electrons. The van der Waals surface area contributed by atoms with E-state index in [1.54, 1.807) is 97.1 Å². The summed E-state index contributed by atoms with van der Waals surface area (Å²) in [5, 5.41) is 54.2. The fraction of sp³-hybridized carbons (Fsp3) is 0.217. The lowest BCUT2D eigenvalue weighted by molar-refractivity contribution is -0.144. The molecular formula is C83H78F12N24O12. The van der Waals surface area contributed by atoms with Crippen LogP contribution in [-0.2, 0) is 72.7 Å². The summed E-state index contributed by atoms with van der Waals surface area (Å²) in [5.41, 5.74) is -0.475. The van der Waals surface area contributed by atoms with E-state index in [1.807, 2.05) is 41.5 Å². The Morgan fingerprint density at radius 2 is 0.534 bits per heavy atom. The first-order chi connectivity index (χ1) is 62.3. The number of aliphatic hydroxyl groups is 3. The van der Waals surface area contributed by atoms with E-state index in [4.69, 9.17) is 34.3 Å². The van der Waals surface area contributed by atoms with Crippen LogP contribution in [0.4, 0.5) is 95.1 Å². The molecule has 0 aliphatic rings. The summed E-state index contributed by atoms with van der Waals surface area (Å²) in [7, 11) is 4.58. The number of anilines is 4. The molecule has 131 heavy (non-hydrogen) atoms. The van der Waals surface area contributed by atoms with Gasteiger partial charge in [0, 0.05) is 130 Å². The highest BCUT2D eigenvalue weighted by atomic mass is 19.4. The topological polar surface area (TPSA) is 425 Å². The predicted molar refractivity (Wildman–Crippen MR) is 448 cm³/mol. The average molecular weight is 1830 g/mol. The van der Waals surface area contributed by atoms with Crippen LogP contribution < -0.4 is 40.2 Å². The monoisotopic (exact) mass is 1830 g/mol. The van der Waals surface area contributed by atoms with Crippen LogP contribution in [0, 0.1) is 0 Å². The van der Waals surface area contributed by atoms with Crippen LogP contribution in [0.2, 0.25) is 0 Å². The first-order valence-corrected chi connectivity index (χ1v) is 38.8. The summed E-state index contributed by atoms with van der Waals surface area (Å²) in [6, 6.07) is 32.4. The van der Waals surface area contributed by atoms with E-state index in [0.29, 0.717) is 102 Å². The fourth-order valence-electron chi connectivity index (χ4n) is 11.9. The lowest BCUT2D eigenvalue weighted by Gasteiger charge is -2.07. The molecule has 4 amide bonds. The first kappa shape index (κ1) is 97.2. The molecule has 48 heteroatoms. The molecule has 16 aromatic rings. The zero-order valence-corrected chi connectivity index (χ0v) is 70.6. The van der Waals surface area contributed by atoms with E-state index in [0.717, 1.165) is 52.5 Å². The smallest absolute Gasteiger partial charge is 0.433 e. The summed E-state index contributed by atoms with van der Waals surface area (Å²) in [6.07, 6.45) is -7.41. The van der Waals surface area contributed by atoms with Crippen LogP contribution in [0.5, 0.6) is 46.5 Å². The molecule has 0 aliphatic carbocycles. The molecule has 0 fully saturated rings. The number of amides is 4. The van der Waals surface area contributed by atoms with Crippen molar-refractivity contribution >= 4 is 96.8 Å². The molecule has 0 unspecified atom stereocenters. The lowest BCUT2D eigenvalue weighted by atomic mass is 10.2. The van der Waals surface area contributed by atoms with Gasteiger partial charge < -0.3 is 34.3 Å². The number of halogens is 12. The van der Waals surface area contributed by atoms with Crippen molar-refractivity contribution in [3.05, 3.63) is 241 Å². The van der Waals surface area contributed by atoms with E-state index in [9.17, 15) is 76.7 Å². The van der Waals surface area contributed by atoms with E-state index in [-0.39, 0.29) is 78.1 Å². The quantitative estimate of drug-likeness (QED) is 0.0349. The summed E-state index contributed by atoms with van der Waals surface area (Å²) in [4.78, 5) is 93.0. The average Bonchev–Trinajstić information content (AvgIpc) is 1.65. The molecule has 12 heterocycles. The molecule has 0 spiro atoms. The summed E-state index contributed by atoms with van der Waals surface area (Å²) in [5.74, 6) is 1.51.